The Labute approximate surface area is 65.0 Å². The van der Waals surface area contributed by atoms with Crippen molar-refractivity contribution in [1.29, 1.82) is 0 Å². The van der Waals surface area contributed by atoms with Crippen LogP contribution < -0.4 is 5.73 Å². The van der Waals surface area contributed by atoms with E-state index in [0.29, 0.717) is 18.7 Å². The number of hydrogen-bond donors (Lipinski definition) is 1. The van der Waals surface area contributed by atoms with Crippen molar-refractivity contribution in [2.75, 3.05) is 18.6 Å². The highest BCUT2D eigenvalue weighted by molar-refractivity contribution is 7.98. The topological polar surface area (TPSA) is 47.6 Å². The molecule has 0 fully saturated rings. The van der Waals surface area contributed by atoms with E-state index in [4.69, 9.17) is 10.5 Å². The molecule has 1 rings (SSSR count). The highest BCUT2D eigenvalue weighted by Gasteiger charge is 2.15. The molecule has 0 spiro atoms. The molecule has 58 valence electrons. The summed E-state index contributed by atoms with van der Waals surface area (Å²) in [6.07, 6.45) is 3.16. The Hall–Kier alpha value is -0.380. The van der Waals surface area contributed by atoms with E-state index in [2.05, 4.69) is 11.2 Å². The maximum Gasteiger partial charge on any atom is 0.282 e. The van der Waals surface area contributed by atoms with E-state index in [1.165, 1.54) is 0 Å². The van der Waals surface area contributed by atoms with Gasteiger partial charge in [-0.25, -0.2) is 4.99 Å². The van der Waals surface area contributed by atoms with Gasteiger partial charge in [-0.1, -0.05) is 0 Å². The minimum Gasteiger partial charge on any atom is -0.463 e. The van der Waals surface area contributed by atoms with Crippen LogP contribution in [0.2, 0.25) is 0 Å². The van der Waals surface area contributed by atoms with E-state index >= 15 is 0 Å². The smallest absolute Gasteiger partial charge is 0.282 e. The Morgan fingerprint density at radius 3 is 3.20 bits per heavy atom. The monoisotopic (exact) mass is 160 g/mol. The molecule has 1 aliphatic rings. The molecule has 1 heterocycles. The van der Waals surface area contributed by atoms with Crippen molar-refractivity contribution in [1.82, 2.24) is 0 Å². The summed E-state index contributed by atoms with van der Waals surface area (Å²) in [6, 6.07) is 0.665. The van der Waals surface area contributed by atoms with Gasteiger partial charge in [-0.3, -0.25) is 0 Å². The van der Waals surface area contributed by atoms with Crippen molar-refractivity contribution < 1.29 is 4.74 Å². The van der Waals surface area contributed by atoms with Gasteiger partial charge in [-0.05, 0) is 18.4 Å². The number of rotatable bonds is 3. The number of aliphatic imine (C=N–C) groups is 1. The minimum atomic E-state index is 0.312. The van der Waals surface area contributed by atoms with Crippen molar-refractivity contribution in [3.05, 3.63) is 0 Å². The molecule has 2 N–H and O–H groups in total. The zero-order chi connectivity index (χ0) is 7.40. The lowest BCUT2D eigenvalue weighted by Gasteiger charge is -2.00. The van der Waals surface area contributed by atoms with Crippen molar-refractivity contribution in [3.8, 4) is 0 Å². The van der Waals surface area contributed by atoms with Crippen LogP contribution >= 0.6 is 11.8 Å². The van der Waals surface area contributed by atoms with E-state index in [0.717, 1.165) is 12.2 Å². The van der Waals surface area contributed by atoms with Gasteiger partial charge in [0, 0.05) is 0 Å². The second-order valence-corrected chi connectivity index (χ2v) is 3.20. The molecule has 0 radical (unpaired) electrons. The molecule has 1 atom stereocenters. The molecule has 4 heteroatoms. The van der Waals surface area contributed by atoms with Gasteiger partial charge in [0.05, 0.1) is 6.04 Å². The van der Waals surface area contributed by atoms with Crippen LogP contribution in [0.5, 0.6) is 0 Å². The van der Waals surface area contributed by atoms with Crippen LogP contribution in [-0.2, 0) is 4.74 Å². The molecule has 1 unspecified atom stereocenters. The number of thioether (sulfide) groups is 1. The number of amidine groups is 1. The lowest BCUT2D eigenvalue weighted by atomic mass is 10.3. The van der Waals surface area contributed by atoms with Gasteiger partial charge in [0.2, 0.25) is 0 Å². The van der Waals surface area contributed by atoms with Gasteiger partial charge in [-0.15, -0.1) is 0 Å². The maximum absolute atomic E-state index is 5.32. The first kappa shape index (κ1) is 7.72. The molecule has 10 heavy (non-hydrogen) atoms. The average molecular weight is 160 g/mol. The van der Waals surface area contributed by atoms with Crippen LogP contribution in [-0.4, -0.2) is 30.7 Å². The van der Waals surface area contributed by atoms with Crippen LogP contribution in [0, 0.1) is 0 Å². The van der Waals surface area contributed by atoms with Gasteiger partial charge >= 0.3 is 0 Å². The fourth-order valence-electron chi connectivity index (χ4n) is 0.838. The molecule has 0 aromatic rings. The predicted octanol–water partition coefficient (Wildman–Crippen LogP) is 0.453. The lowest BCUT2D eigenvalue weighted by molar-refractivity contribution is 0.311. The first-order chi connectivity index (χ1) is 4.83. The molecule has 1 aliphatic heterocycles. The van der Waals surface area contributed by atoms with Crippen molar-refractivity contribution in [2.24, 2.45) is 10.7 Å². The predicted molar refractivity (Wildman–Crippen MR) is 44.4 cm³/mol. The number of hydrogen-bond acceptors (Lipinski definition) is 4. The Morgan fingerprint density at radius 1 is 1.90 bits per heavy atom. The van der Waals surface area contributed by atoms with E-state index in [1.54, 1.807) is 0 Å². The standard InChI is InChI=1S/C6H12N2OS/c1-10-3-2-5-4-9-6(7)8-5/h5H,2-4H2,1H3,(H2,7,8). The highest BCUT2D eigenvalue weighted by atomic mass is 32.2. The largest absolute Gasteiger partial charge is 0.463 e. The minimum absolute atomic E-state index is 0.312. The molecule has 0 saturated heterocycles. The first-order valence-electron chi connectivity index (χ1n) is 3.28. The lowest BCUT2D eigenvalue weighted by Crippen LogP contribution is -2.10. The molecular formula is C6H12N2OS. The first-order valence-corrected chi connectivity index (χ1v) is 4.67. The third-order valence-corrected chi connectivity index (χ3v) is 2.03. The maximum atomic E-state index is 5.32. The van der Waals surface area contributed by atoms with E-state index < -0.39 is 0 Å². The van der Waals surface area contributed by atoms with Gasteiger partial charge in [0.1, 0.15) is 6.61 Å². The molecule has 0 aromatic heterocycles. The second-order valence-electron chi connectivity index (χ2n) is 2.21. The Balaban J connectivity index is 2.18. The number of nitrogens with zero attached hydrogens (tertiary/aromatic N) is 1. The zero-order valence-corrected chi connectivity index (χ0v) is 6.86. The third kappa shape index (κ3) is 2.10. The van der Waals surface area contributed by atoms with Crippen LogP contribution in [0.4, 0.5) is 0 Å². The highest BCUT2D eigenvalue weighted by Crippen LogP contribution is 2.08. The average Bonchev–Trinajstić information content (AvgIpc) is 2.31. The normalized spacial score (nSPS) is 24.1. The summed E-state index contributed by atoms with van der Waals surface area (Å²) in [7, 11) is 0. The van der Waals surface area contributed by atoms with Gasteiger partial charge in [0.15, 0.2) is 0 Å². The van der Waals surface area contributed by atoms with Gasteiger partial charge in [-0.2, -0.15) is 11.8 Å². The van der Waals surface area contributed by atoms with Crippen molar-refractivity contribution in [2.45, 2.75) is 12.5 Å². The van der Waals surface area contributed by atoms with Crippen molar-refractivity contribution in [3.63, 3.8) is 0 Å². The zero-order valence-electron chi connectivity index (χ0n) is 6.04. The summed E-state index contributed by atoms with van der Waals surface area (Å²) in [5.41, 5.74) is 5.32. The number of nitrogens with two attached hydrogens (primary N) is 1. The SMILES string of the molecule is CSCCC1COC(N)=N1. The third-order valence-electron chi connectivity index (χ3n) is 1.39. The molecule has 0 amide bonds. The second kappa shape index (κ2) is 3.71. The summed E-state index contributed by atoms with van der Waals surface area (Å²) < 4.78 is 4.98. The summed E-state index contributed by atoms with van der Waals surface area (Å²) in [6.45, 7) is 0.673. The quantitative estimate of drug-likeness (QED) is 0.652. The fourth-order valence-corrected chi connectivity index (χ4v) is 1.35. The number of ether oxygens (including phenoxy) is 1. The van der Waals surface area contributed by atoms with Crippen molar-refractivity contribution >= 4 is 17.8 Å². The van der Waals surface area contributed by atoms with Crippen LogP contribution in [0.1, 0.15) is 6.42 Å². The summed E-state index contributed by atoms with van der Waals surface area (Å²) in [5, 5.41) is 0. The fraction of sp³-hybridized carbons (Fsp3) is 0.833. The van der Waals surface area contributed by atoms with E-state index in [1.807, 2.05) is 11.8 Å². The van der Waals surface area contributed by atoms with Crippen LogP contribution in [0.15, 0.2) is 4.99 Å². The molecule has 0 saturated carbocycles. The molecule has 0 aliphatic carbocycles. The molecule has 0 aromatic carbocycles. The summed E-state index contributed by atoms with van der Waals surface area (Å²) in [4.78, 5) is 4.08. The van der Waals surface area contributed by atoms with E-state index in [9.17, 15) is 0 Å². The summed E-state index contributed by atoms with van der Waals surface area (Å²) in [5.74, 6) is 1.13. The molecule has 0 bridgehead atoms. The Morgan fingerprint density at radius 2 is 2.70 bits per heavy atom. The molecular weight excluding hydrogens is 148 g/mol. The Kier molecular flexibility index (Phi) is 2.86. The molecule has 3 nitrogen and oxygen atoms in total. The van der Waals surface area contributed by atoms with Gasteiger partial charge in [0.25, 0.3) is 6.02 Å². The Bertz CT molecular complexity index is 138. The summed E-state index contributed by atoms with van der Waals surface area (Å²) >= 11 is 1.82. The van der Waals surface area contributed by atoms with Crippen LogP contribution in [0.25, 0.3) is 0 Å². The van der Waals surface area contributed by atoms with E-state index in [-0.39, 0.29) is 0 Å². The van der Waals surface area contributed by atoms with Gasteiger partial charge < -0.3 is 10.5 Å². The van der Waals surface area contributed by atoms with Crippen LogP contribution in [0.3, 0.4) is 0 Å².